The molecule has 0 aliphatic heterocycles. The highest BCUT2D eigenvalue weighted by Crippen LogP contribution is 2.28. The van der Waals surface area contributed by atoms with Crippen molar-refractivity contribution >= 4 is 5.69 Å². The maximum Gasteiger partial charge on any atom is 0.311 e. The van der Waals surface area contributed by atoms with Crippen LogP contribution in [0, 0.1) is 10.1 Å². The molecule has 17 heavy (non-hydrogen) atoms. The van der Waals surface area contributed by atoms with Crippen molar-refractivity contribution in [1.29, 1.82) is 0 Å². The summed E-state index contributed by atoms with van der Waals surface area (Å²) in [5.41, 5.74) is 1.21. The van der Waals surface area contributed by atoms with Crippen LogP contribution in [0.1, 0.15) is 18.9 Å². The van der Waals surface area contributed by atoms with Crippen LogP contribution in [0.4, 0.5) is 5.69 Å². The molecule has 5 heteroatoms. The summed E-state index contributed by atoms with van der Waals surface area (Å²) in [5, 5.41) is 19.7. The van der Waals surface area contributed by atoms with Gasteiger partial charge in [0.05, 0.1) is 11.5 Å². The molecule has 0 aromatic heterocycles. The molecule has 0 unspecified atom stereocenters. The zero-order chi connectivity index (χ0) is 12.8. The Morgan fingerprint density at radius 3 is 2.82 bits per heavy atom. The topological polar surface area (TPSA) is 72.6 Å². The molecule has 0 spiro atoms. The lowest BCUT2D eigenvalue weighted by molar-refractivity contribution is -0.385. The molecule has 0 bridgehead atoms. The summed E-state index contributed by atoms with van der Waals surface area (Å²) in [7, 11) is 0. The predicted octanol–water partition coefficient (Wildman–Crippen LogP) is 2.43. The summed E-state index contributed by atoms with van der Waals surface area (Å²) in [6.07, 6.45) is 0.766. The van der Waals surface area contributed by atoms with Crippen molar-refractivity contribution in [1.82, 2.24) is 0 Å². The van der Waals surface area contributed by atoms with Gasteiger partial charge >= 0.3 is 5.69 Å². The second kappa shape index (κ2) is 6.00. The monoisotopic (exact) mass is 237 g/mol. The van der Waals surface area contributed by atoms with Crippen molar-refractivity contribution in [3.8, 4) is 5.75 Å². The van der Waals surface area contributed by atoms with Crippen LogP contribution in [0.3, 0.4) is 0 Å². The number of hydrogen-bond acceptors (Lipinski definition) is 4. The van der Waals surface area contributed by atoms with Gasteiger partial charge in [0.2, 0.25) is 0 Å². The van der Waals surface area contributed by atoms with E-state index >= 15 is 0 Å². The number of ether oxygens (including phenoxy) is 1. The van der Waals surface area contributed by atoms with Gasteiger partial charge in [-0.25, -0.2) is 0 Å². The highest BCUT2D eigenvalue weighted by Gasteiger charge is 2.15. The molecule has 0 aliphatic carbocycles. The van der Waals surface area contributed by atoms with E-state index in [4.69, 9.17) is 9.84 Å². The van der Waals surface area contributed by atoms with E-state index < -0.39 is 4.92 Å². The van der Waals surface area contributed by atoms with Gasteiger partial charge in [-0.3, -0.25) is 10.1 Å². The molecule has 0 aliphatic rings. The van der Waals surface area contributed by atoms with Crippen LogP contribution in [-0.2, 0) is 6.61 Å². The normalized spacial score (nSPS) is 10.0. The number of benzene rings is 1. The molecule has 0 saturated carbocycles. The molecular weight excluding hydrogens is 222 g/mol. The van der Waals surface area contributed by atoms with Crippen LogP contribution in [0.15, 0.2) is 30.4 Å². The van der Waals surface area contributed by atoms with Crippen molar-refractivity contribution in [2.75, 3.05) is 6.61 Å². The average molecular weight is 237 g/mol. The number of nitro benzene ring substituents is 1. The van der Waals surface area contributed by atoms with Gasteiger partial charge in [-0.1, -0.05) is 19.6 Å². The fourth-order valence-corrected chi connectivity index (χ4v) is 1.21. The number of nitrogens with zero attached hydrogens (tertiary/aromatic N) is 1. The van der Waals surface area contributed by atoms with E-state index in [1.54, 1.807) is 6.07 Å². The zero-order valence-corrected chi connectivity index (χ0v) is 9.68. The average Bonchev–Trinajstić information content (AvgIpc) is 2.35. The summed E-state index contributed by atoms with van der Waals surface area (Å²) in [6.45, 7) is 5.73. The van der Waals surface area contributed by atoms with E-state index in [-0.39, 0.29) is 24.7 Å². The smallest absolute Gasteiger partial charge is 0.311 e. The van der Waals surface area contributed by atoms with Crippen molar-refractivity contribution in [3.05, 3.63) is 46.0 Å². The van der Waals surface area contributed by atoms with E-state index in [2.05, 4.69) is 6.58 Å². The number of hydrogen-bond donors (Lipinski definition) is 1. The highest BCUT2D eigenvalue weighted by atomic mass is 16.6. The predicted molar refractivity (Wildman–Crippen MR) is 63.9 cm³/mol. The van der Waals surface area contributed by atoms with Gasteiger partial charge in [0, 0.05) is 6.07 Å². The molecule has 1 aromatic carbocycles. The Morgan fingerprint density at radius 1 is 1.59 bits per heavy atom. The van der Waals surface area contributed by atoms with Gasteiger partial charge in [-0.15, -0.1) is 0 Å². The van der Waals surface area contributed by atoms with Crippen LogP contribution in [0.2, 0.25) is 0 Å². The Labute approximate surface area is 99.5 Å². The SMILES string of the molecule is C=C(CC)COc1ccc(CO)cc1[N+](=O)[O-]. The molecule has 1 rings (SSSR count). The Bertz CT molecular complexity index is 429. The summed E-state index contributed by atoms with van der Waals surface area (Å²) >= 11 is 0. The molecule has 0 amide bonds. The molecule has 1 aromatic rings. The molecule has 5 nitrogen and oxygen atoms in total. The standard InChI is InChI=1S/C12H15NO4/c1-3-9(2)8-17-12-5-4-10(7-14)6-11(12)13(15)16/h4-6,14H,2-3,7-8H2,1H3. The quantitative estimate of drug-likeness (QED) is 0.468. The lowest BCUT2D eigenvalue weighted by Crippen LogP contribution is -2.02. The van der Waals surface area contributed by atoms with Crippen molar-refractivity contribution in [2.24, 2.45) is 0 Å². The summed E-state index contributed by atoms with van der Waals surface area (Å²) in [4.78, 5) is 10.3. The first kappa shape index (κ1) is 13.2. The Hall–Kier alpha value is -1.88. The van der Waals surface area contributed by atoms with Gasteiger partial charge < -0.3 is 9.84 Å². The van der Waals surface area contributed by atoms with Crippen LogP contribution < -0.4 is 4.74 Å². The molecule has 92 valence electrons. The van der Waals surface area contributed by atoms with Gasteiger partial charge in [0.15, 0.2) is 5.75 Å². The minimum absolute atomic E-state index is 0.138. The maximum atomic E-state index is 10.8. The number of rotatable bonds is 6. The largest absolute Gasteiger partial charge is 0.482 e. The summed E-state index contributed by atoms with van der Waals surface area (Å²) in [5.74, 6) is 0.196. The van der Waals surface area contributed by atoms with Crippen molar-refractivity contribution < 1.29 is 14.8 Å². The van der Waals surface area contributed by atoms with Gasteiger partial charge in [-0.2, -0.15) is 0 Å². The van der Waals surface area contributed by atoms with E-state index in [0.29, 0.717) is 5.56 Å². The highest BCUT2D eigenvalue weighted by molar-refractivity contribution is 5.48. The van der Waals surface area contributed by atoms with Crippen molar-refractivity contribution in [2.45, 2.75) is 20.0 Å². The van der Waals surface area contributed by atoms with Gasteiger partial charge in [-0.05, 0) is 23.6 Å². The minimum Gasteiger partial charge on any atom is -0.482 e. The maximum absolute atomic E-state index is 10.8. The second-order valence-corrected chi connectivity index (χ2v) is 3.61. The molecular formula is C12H15NO4. The van der Waals surface area contributed by atoms with Crippen molar-refractivity contribution in [3.63, 3.8) is 0 Å². The molecule has 0 fully saturated rings. The van der Waals surface area contributed by atoms with Crippen LogP contribution >= 0.6 is 0 Å². The van der Waals surface area contributed by atoms with Gasteiger partial charge in [0.25, 0.3) is 0 Å². The van der Waals surface area contributed by atoms with E-state index in [1.165, 1.54) is 12.1 Å². The van der Waals surface area contributed by atoms with Crippen LogP contribution in [0.5, 0.6) is 5.75 Å². The third-order valence-electron chi connectivity index (χ3n) is 2.33. The number of aliphatic hydroxyl groups excluding tert-OH is 1. The number of nitro groups is 1. The van der Waals surface area contributed by atoms with E-state index in [9.17, 15) is 10.1 Å². The third-order valence-corrected chi connectivity index (χ3v) is 2.33. The van der Waals surface area contributed by atoms with E-state index in [1.807, 2.05) is 6.92 Å². The lowest BCUT2D eigenvalue weighted by Gasteiger charge is -2.08. The molecule has 0 radical (unpaired) electrons. The number of aliphatic hydroxyl groups is 1. The van der Waals surface area contributed by atoms with Gasteiger partial charge in [0.1, 0.15) is 6.61 Å². The second-order valence-electron chi connectivity index (χ2n) is 3.61. The molecule has 1 N–H and O–H groups in total. The minimum atomic E-state index is -0.525. The summed E-state index contributed by atoms with van der Waals surface area (Å²) in [6, 6.07) is 4.40. The Kier molecular flexibility index (Phi) is 4.66. The van der Waals surface area contributed by atoms with E-state index in [0.717, 1.165) is 12.0 Å². The van der Waals surface area contributed by atoms with Crippen LogP contribution in [-0.4, -0.2) is 16.6 Å². The lowest BCUT2D eigenvalue weighted by atomic mass is 10.2. The Balaban J connectivity index is 2.90. The molecule has 0 heterocycles. The molecule has 0 saturated heterocycles. The molecule has 0 atom stereocenters. The fraction of sp³-hybridized carbons (Fsp3) is 0.333. The third kappa shape index (κ3) is 3.57. The first-order valence-corrected chi connectivity index (χ1v) is 5.26. The fourth-order valence-electron chi connectivity index (χ4n) is 1.21. The first-order valence-electron chi connectivity index (χ1n) is 5.26. The Morgan fingerprint density at radius 2 is 2.29 bits per heavy atom. The van der Waals surface area contributed by atoms with Crippen LogP contribution in [0.25, 0.3) is 0 Å². The zero-order valence-electron chi connectivity index (χ0n) is 9.68. The summed E-state index contributed by atoms with van der Waals surface area (Å²) < 4.78 is 5.33. The first-order chi connectivity index (χ1) is 8.08.